The number of alkyl halides is 3. The van der Waals surface area contributed by atoms with Crippen molar-refractivity contribution in [3.63, 3.8) is 0 Å². The van der Waals surface area contributed by atoms with E-state index in [1.54, 1.807) is 26.2 Å². The standard InChI is InChI=1S/C16H17F3N2O/c1-10(9-22-3)8-21-11(2)6-13-14(21)5-4-12(7-20)15(13)16(17,18)19/h4-6,10H,8-9H2,1-3H3. The fourth-order valence-electron chi connectivity index (χ4n) is 2.76. The minimum Gasteiger partial charge on any atom is -0.384 e. The Morgan fingerprint density at radius 2 is 2.05 bits per heavy atom. The molecule has 0 amide bonds. The maximum Gasteiger partial charge on any atom is 0.418 e. The van der Waals surface area contributed by atoms with E-state index in [1.165, 1.54) is 12.1 Å². The average Bonchev–Trinajstić information content (AvgIpc) is 2.73. The first-order valence-corrected chi connectivity index (χ1v) is 6.88. The number of fused-ring (bicyclic) bond motifs is 1. The molecule has 0 aliphatic heterocycles. The van der Waals surface area contributed by atoms with Crippen LogP contribution < -0.4 is 0 Å². The molecule has 6 heteroatoms. The molecule has 2 rings (SSSR count). The molecule has 3 nitrogen and oxygen atoms in total. The number of nitrogens with zero attached hydrogens (tertiary/aromatic N) is 2. The zero-order valence-corrected chi connectivity index (χ0v) is 12.7. The van der Waals surface area contributed by atoms with Gasteiger partial charge >= 0.3 is 6.18 Å². The van der Waals surface area contributed by atoms with Crippen molar-refractivity contribution >= 4 is 10.9 Å². The molecule has 0 aliphatic carbocycles. The van der Waals surface area contributed by atoms with Crippen molar-refractivity contribution in [3.8, 4) is 6.07 Å². The molecule has 22 heavy (non-hydrogen) atoms. The second kappa shape index (κ2) is 6.01. The van der Waals surface area contributed by atoms with Gasteiger partial charge in [-0.15, -0.1) is 0 Å². The van der Waals surface area contributed by atoms with Crippen molar-refractivity contribution in [3.05, 3.63) is 35.0 Å². The number of nitriles is 1. The van der Waals surface area contributed by atoms with Gasteiger partial charge in [0.1, 0.15) is 0 Å². The summed E-state index contributed by atoms with van der Waals surface area (Å²) >= 11 is 0. The van der Waals surface area contributed by atoms with E-state index in [9.17, 15) is 13.2 Å². The number of halogens is 3. The number of hydrogen-bond acceptors (Lipinski definition) is 2. The first kappa shape index (κ1) is 16.4. The van der Waals surface area contributed by atoms with Crippen molar-refractivity contribution in [1.29, 1.82) is 5.26 Å². The number of benzene rings is 1. The van der Waals surface area contributed by atoms with Crippen LogP contribution in [0.15, 0.2) is 18.2 Å². The summed E-state index contributed by atoms with van der Waals surface area (Å²) in [7, 11) is 1.60. The van der Waals surface area contributed by atoms with Crippen molar-refractivity contribution < 1.29 is 17.9 Å². The van der Waals surface area contributed by atoms with Gasteiger partial charge in [0, 0.05) is 30.3 Å². The summed E-state index contributed by atoms with van der Waals surface area (Å²) in [5.74, 6) is 0.171. The molecule has 2 aromatic rings. The largest absolute Gasteiger partial charge is 0.418 e. The summed E-state index contributed by atoms with van der Waals surface area (Å²) in [6.07, 6.45) is -4.55. The molecular formula is C16H17F3N2O. The summed E-state index contributed by atoms with van der Waals surface area (Å²) in [5.41, 5.74) is 0.0288. The predicted octanol–water partition coefficient (Wildman–Crippen LogP) is 4.12. The van der Waals surface area contributed by atoms with Crippen LogP contribution in [-0.2, 0) is 17.5 Å². The highest BCUT2D eigenvalue weighted by atomic mass is 19.4. The molecule has 1 unspecified atom stereocenters. The van der Waals surface area contributed by atoms with E-state index in [2.05, 4.69) is 0 Å². The third-order valence-corrected chi connectivity index (χ3v) is 3.64. The third kappa shape index (κ3) is 2.95. The molecule has 0 bridgehead atoms. The molecule has 0 saturated carbocycles. The van der Waals surface area contributed by atoms with Gasteiger partial charge in [0.05, 0.1) is 23.8 Å². The van der Waals surface area contributed by atoms with Crippen LogP contribution in [0.25, 0.3) is 10.9 Å². The van der Waals surface area contributed by atoms with Crippen molar-refractivity contribution in [2.24, 2.45) is 5.92 Å². The van der Waals surface area contributed by atoms with Gasteiger partial charge in [-0.1, -0.05) is 6.92 Å². The van der Waals surface area contributed by atoms with E-state index < -0.39 is 11.7 Å². The van der Waals surface area contributed by atoms with Crippen molar-refractivity contribution in [1.82, 2.24) is 4.57 Å². The second-order valence-electron chi connectivity index (χ2n) is 5.49. The van der Waals surface area contributed by atoms with E-state index in [0.717, 1.165) is 5.69 Å². The molecule has 0 radical (unpaired) electrons. The van der Waals surface area contributed by atoms with Gasteiger partial charge in [-0.05, 0) is 31.0 Å². The number of methoxy groups -OCH3 is 1. The lowest BCUT2D eigenvalue weighted by Gasteiger charge is -2.15. The molecule has 0 N–H and O–H groups in total. The lowest BCUT2D eigenvalue weighted by Crippen LogP contribution is -2.14. The molecule has 1 aromatic carbocycles. The predicted molar refractivity (Wildman–Crippen MR) is 77.4 cm³/mol. The zero-order valence-electron chi connectivity index (χ0n) is 12.7. The SMILES string of the molecule is COCC(C)Cn1c(C)cc2c(C(F)(F)F)c(C#N)ccc21. The molecule has 1 heterocycles. The lowest BCUT2D eigenvalue weighted by atomic mass is 10.0. The molecule has 1 aromatic heterocycles. The van der Waals surface area contributed by atoms with Crippen LogP contribution in [0, 0.1) is 24.2 Å². The Labute approximate surface area is 126 Å². The van der Waals surface area contributed by atoms with Gasteiger partial charge in [-0.25, -0.2) is 0 Å². The maximum atomic E-state index is 13.3. The second-order valence-corrected chi connectivity index (χ2v) is 5.49. The molecule has 0 fully saturated rings. The van der Waals surface area contributed by atoms with Gasteiger partial charge in [0.15, 0.2) is 0 Å². The number of rotatable bonds is 4. The average molecular weight is 310 g/mol. The van der Waals surface area contributed by atoms with Gasteiger partial charge in [0.25, 0.3) is 0 Å². The van der Waals surface area contributed by atoms with Gasteiger partial charge < -0.3 is 9.30 Å². The van der Waals surface area contributed by atoms with E-state index >= 15 is 0 Å². The molecular weight excluding hydrogens is 293 g/mol. The van der Waals surface area contributed by atoms with E-state index in [4.69, 9.17) is 10.00 Å². The summed E-state index contributed by atoms with van der Waals surface area (Å²) in [5, 5.41) is 9.04. The lowest BCUT2D eigenvalue weighted by molar-refractivity contribution is -0.136. The van der Waals surface area contributed by atoms with Crippen LogP contribution in [-0.4, -0.2) is 18.3 Å². The highest BCUT2D eigenvalue weighted by Crippen LogP contribution is 2.38. The fourth-order valence-corrected chi connectivity index (χ4v) is 2.76. The van der Waals surface area contributed by atoms with Gasteiger partial charge in [-0.2, -0.15) is 18.4 Å². The number of hydrogen-bond donors (Lipinski definition) is 0. The smallest absolute Gasteiger partial charge is 0.384 e. The number of ether oxygens (including phenoxy) is 1. The fraction of sp³-hybridized carbons (Fsp3) is 0.438. The third-order valence-electron chi connectivity index (χ3n) is 3.64. The minimum atomic E-state index is -4.55. The first-order chi connectivity index (χ1) is 10.3. The summed E-state index contributed by atoms with van der Waals surface area (Å²) < 4.78 is 46.9. The minimum absolute atomic E-state index is 0.0775. The van der Waals surface area contributed by atoms with Crippen molar-refractivity contribution in [2.75, 3.05) is 13.7 Å². The van der Waals surface area contributed by atoms with E-state index in [1.807, 2.05) is 11.5 Å². The molecule has 0 aliphatic rings. The zero-order chi connectivity index (χ0) is 16.5. The maximum absolute atomic E-state index is 13.3. The van der Waals surface area contributed by atoms with Crippen LogP contribution in [0.1, 0.15) is 23.7 Å². The van der Waals surface area contributed by atoms with Gasteiger partial charge in [-0.3, -0.25) is 0 Å². The van der Waals surface area contributed by atoms with Crippen LogP contribution in [0.4, 0.5) is 13.2 Å². The summed E-state index contributed by atoms with van der Waals surface area (Å²) in [4.78, 5) is 0. The van der Waals surface area contributed by atoms with Crippen LogP contribution in [0.3, 0.4) is 0 Å². The Morgan fingerprint density at radius 1 is 1.36 bits per heavy atom. The van der Waals surface area contributed by atoms with E-state index in [0.29, 0.717) is 18.7 Å². The molecule has 0 saturated heterocycles. The Hall–Kier alpha value is -2.00. The van der Waals surface area contributed by atoms with Crippen molar-refractivity contribution in [2.45, 2.75) is 26.6 Å². The monoisotopic (exact) mass is 310 g/mol. The Morgan fingerprint density at radius 3 is 2.59 bits per heavy atom. The molecule has 118 valence electrons. The first-order valence-electron chi connectivity index (χ1n) is 6.88. The normalized spacial score (nSPS) is 13.3. The Bertz CT molecular complexity index is 726. The van der Waals surface area contributed by atoms with Gasteiger partial charge in [0.2, 0.25) is 0 Å². The topological polar surface area (TPSA) is 38.0 Å². The van der Waals surface area contributed by atoms with E-state index in [-0.39, 0.29) is 16.9 Å². The van der Waals surface area contributed by atoms with Crippen LogP contribution >= 0.6 is 0 Å². The Kier molecular flexibility index (Phi) is 4.47. The quantitative estimate of drug-likeness (QED) is 0.852. The summed E-state index contributed by atoms with van der Waals surface area (Å²) in [6.45, 7) is 4.84. The van der Waals surface area contributed by atoms with Crippen LogP contribution in [0.2, 0.25) is 0 Å². The molecule has 0 spiro atoms. The highest BCUT2D eigenvalue weighted by Gasteiger charge is 2.36. The summed E-state index contributed by atoms with van der Waals surface area (Å²) in [6, 6.07) is 5.95. The highest BCUT2D eigenvalue weighted by molar-refractivity contribution is 5.87. The molecule has 1 atom stereocenters. The number of aryl methyl sites for hydroxylation is 1. The van der Waals surface area contributed by atoms with Crippen LogP contribution in [0.5, 0.6) is 0 Å². The number of aromatic nitrogens is 1. The Balaban J connectivity index is 2.64.